The molecule has 106 valence electrons. The lowest BCUT2D eigenvalue weighted by atomic mass is 10.0. The Morgan fingerprint density at radius 3 is 2.60 bits per heavy atom. The molecule has 2 rings (SSSR count). The number of aryl methyl sites for hydroxylation is 1. The highest BCUT2D eigenvalue weighted by Gasteiger charge is 2.19. The van der Waals surface area contributed by atoms with Crippen LogP contribution in [0.1, 0.15) is 24.2 Å². The molecule has 2 aromatic rings. The maximum Gasteiger partial charge on any atom is 0.139 e. The van der Waals surface area contributed by atoms with Crippen molar-refractivity contribution < 1.29 is 4.74 Å². The first kappa shape index (κ1) is 15.4. The summed E-state index contributed by atoms with van der Waals surface area (Å²) in [6.07, 6.45) is -0.244. The maximum atomic E-state index is 6.19. The van der Waals surface area contributed by atoms with Gasteiger partial charge in [0, 0.05) is 10.5 Å². The third-order valence-corrected chi connectivity index (χ3v) is 3.80. The standard InChI is InChI=1S/C16H17BrClNO/c1-10-6-7-14(18)15(8-10)20-16(11(2)19)12-4-3-5-13(17)9-12/h3-9,11,16H,19H2,1-2H3. The van der Waals surface area contributed by atoms with Crippen molar-refractivity contribution >= 4 is 27.5 Å². The lowest BCUT2D eigenvalue weighted by Gasteiger charge is -2.24. The molecule has 0 saturated heterocycles. The predicted octanol–water partition coefficient (Wildman–Crippen LogP) is 4.88. The van der Waals surface area contributed by atoms with Gasteiger partial charge in [0.15, 0.2) is 0 Å². The number of benzene rings is 2. The van der Waals surface area contributed by atoms with Crippen LogP contribution in [0, 0.1) is 6.92 Å². The fourth-order valence-electron chi connectivity index (χ4n) is 2.00. The molecule has 0 radical (unpaired) electrons. The van der Waals surface area contributed by atoms with Gasteiger partial charge in [-0.05, 0) is 49.2 Å². The number of hydrogen-bond acceptors (Lipinski definition) is 2. The van der Waals surface area contributed by atoms with Crippen LogP contribution in [0.25, 0.3) is 0 Å². The smallest absolute Gasteiger partial charge is 0.139 e. The summed E-state index contributed by atoms with van der Waals surface area (Å²) in [6, 6.07) is 13.5. The van der Waals surface area contributed by atoms with E-state index in [1.807, 2.05) is 56.3 Å². The molecule has 0 aromatic heterocycles. The van der Waals surface area contributed by atoms with E-state index in [-0.39, 0.29) is 12.1 Å². The first-order valence-corrected chi connectivity index (χ1v) is 7.58. The second kappa shape index (κ2) is 6.61. The molecule has 20 heavy (non-hydrogen) atoms. The average molecular weight is 355 g/mol. The maximum absolute atomic E-state index is 6.19. The SMILES string of the molecule is Cc1ccc(Cl)c(OC(c2cccc(Br)c2)C(C)N)c1. The molecule has 0 saturated carbocycles. The number of rotatable bonds is 4. The second-order valence-electron chi connectivity index (χ2n) is 4.89. The van der Waals surface area contributed by atoms with E-state index in [0.717, 1.165) is 15.6 Å². The summed E-state index contributed by atoms with van der Waals surface area (Å²) in [5.74, 6) is 0.661. The molecule has 0 heterocycles. The van der Waals surface area contributed by atoms with Gasteiger partial charge >= 0.3 is 0 Å². The van der Waals surface area contributed by atoms with Crippen LogP contribution in [0.4, 0.5) is 0 Å². The Hall–Kier alpha value is -1.03. The Morgan fingerprint density at radius 2 is 1.95 bits per heavy atom. The summed E-state index contributed by atoms with van der Waals surface area (Å²) in [5.41, 5.74) is 8.19. The van der Waals surface area contributed by atoms with Crippen molar-refractivity contribution in [1.29, 1.82) is 0 Å². The number of halogens is 2. The van der Waals surface area contributed by atoms with E-state index >= 15 is 0 Å². The van der Waals surface area contributed by atoms with Gasteiger partial charge in [-0.15, -0.1) is 0 Å². The quantitative estimate of drug-likeness (QED) is 0.849. The van der Waals surface area contributed by atoms with Crippen molar-refractivity contribution in [3.63, 3.8) is 0 Å². The summed E-state index contributed by atoms with van der Waals surface area (Å²) < 4.78 is 7.05. The number of nitrogens with two attached hydrogens (primary N) is 1. The van der Waals surface area contributed by atoms with Gasteiger partial charge in [-0.2, -0.15) is 0 Å². The summed E-state index contributed by atoms with van der Waals surface area (Å²) >= 11 is 9.66. The van der Waals surface area contributed by atoms with Crippen LogP contribution in [0.3, 0.4) is 0 Å². The zero-order valence-corrected chi connectivity index (χ0v) is 13.8. The summed E-state index contributed by atoms with van der Waals surface area (Å²) in [6.45, 7) is 3.93. The second-order valence-corrected chi connectivity index (χ2v) is 6.21. The van der Waals surface area contributed by atoms with E-state index in [2.05, 4.69) is 15.9 Å². The van der Waals surface area contributed by atoms with Crippen LogP contribution in [-0.2, 0) is 0 Å². The van der Waals surface area contributed by atoms with E-state index in [9.17, 15) is 0 Å². The monoisotopic (exact) mass is 353 g/mol. The molecule has 2 N–H and O–H groups in total. The molecular formula is C16H17BrClNO. The molecule has 0 fully saturated rings. The highest BCUT2D eigenvalue weighted by Crippen LogP contribution is 2.31. The third kappa shape index (κ3) is 3.75. The van der Waals surface area contributed by atoms with Crippen molar-refractivity contribution in [3.8, 4) is 5.75 Å². The Labute approximate surface area is 133 Å². The van der Waals surface area contributed by atoms with Gasteiger partial charge in [-0.1, -0.05) is 45.7 Å². The largest absolute Gasteiger partial charge is 0.483 e. The summed E-state index contributed by atoms with van der Waals surface area (Å²) in [4.78, 5) is 0. The molecule has 2 aromatic carbocycles. The lowest BCUT2D eigenvalue weighted by molar-refractivity contribution is 0.180. The van der Waals surface area contributed by atoms with Crippen LogP contribution >= 0.6 is 27.5 Å². The predicted molar refractivity (Wildman–Crippen MR) is 87.3 cm³/mol. The molecule has 0 aliphatic heterocycles. The normalized spacial score (nSPS) is 13.8. The van der Waals surface area contributed by atoms with Gasteiger partial charge in [0.25, 0.3) is 0 Å². The van der Waals surface area contributed by atoms with Crippen LogP contribution in [0.2, 0.25) is 5.02 Å². The van der Waals surface area contributed by atoms with Crippen LogP contribution in [-0.4, -0.2) is 6.04 Å². The van der Waals surface area contributed by atoms with Gasteiger partial charge in [0.05, 0.1) is 5.02 Å². The van der Waals surface area contributed by atoms with Crippen LogP contribution < -0.4 is 10.5 Å². The van der Waals surface area contributed by atoms with Gasteiger partial charge in [0.1, 0.15) is 11.9 Å². The summed E-state index contributed by atoms with van der Waals surface area (Å²) in [7, 11) is 0. The number of ether oxygens (including phenoxy) is 1. The Bertz CT molecular complexity index is 601. The minimum atomic E-state index is -0.244. The fourth-order valence-corrected chi connectivity index (χ4v) is 2.58. The molecule has 2 unspecified atom stereocenters. The van der Waals surface area contributed by atoms with Crippen molar-refractivity contribution in [3.05, 3.63) is 63.1 Å². The zero-order valence-electron chi connectivity index (χ0n) is 11.4. The van der Waals surface area contributed by atoms with Crippen LogP contribution in [0.15, 0.2) is 46.9 Å². The molecule has 0 spiro atoms. The molecule has 0 aliphatic carbocycles. The average Bonchev–Trinajstić information content (AvgIpc) is 2.39. The van der Waals surface area contributed by atoms with Gasteiger partial charge in [-0.25, -0.2) is 0 Å². The van der Waals surface area contributed by atoms with Crippen molar-refractivity contribution in [2.24, 2.45) is 5.73 Å². The molecule has 0 amide bonds. The van der Waals surface area contributed by atoms with E-state index in [0.29, 0.717) is 10.8 Å². The molecule has 0 bridgehead atoms. The minimum Gasteiger partial charge on any atom is -0.483 e. The van der Waals surface area contributed by atoms with Gasteiger partial charge in [0.2, 0.25) is 0 Å². The Kier molecular flexibility index (Phi) is 5.08. The van der Waals surface area contributed by atoms with E-state index in [1.54, 1.807) is 0 Å². The van der Waals surface area contributed by atoms with Crippen molar-refractivity contribution in [2.75, 3.05) is 0 Å². The zero-order chi connectivity index (χ0) is 14.7. The van der Waals surface area contributed by atoms with E-state index in [4.69, 9.17) is 22.1 Å². The molecule has 2 atom stereocenters. The van der Waals surface area contributed by atoms with E-state index in [1.165, 1.54) is 0 Å². The highest BCUT2D eigenvalue weighted by atomic mass is 79.9. The van der Waals surface area contributed by atoms with Crippen molar-refractivity contribution in [2.45, 2.75) is 26.0 Å². The number of hydrogen-bond donors (Lipinski definition) is 1. The summed E-state index contributed by atoms with van der Waals surface area (Å²) in [5, 5.41) is 0.594. The van der Waals surface area contributed by atoms with E-state index < -0.39 is 0 Å². The molecule has 0 aliphatic rings. The minimum absolute atomic E-state index is 0.152. The Morgan fingerprint density at radius 1 is 1.20 bits per heavy atom. The first-order chi connectivity index (χ1) is 9.47. The molecule has 4 heteroatoms. The first-order valence-electron chi connectivity index (χ1n) is 6.41. The third-order valence-electron chi connectivity index (χ3n) is 3.00. The van der Waals surface area contributed by atoms with Gasteiger partial charge in [-0.3, -0.25) is 0 Å². The lowest BCUT2D eigenvalue weighted by Crippen LogP contribution is -2.29. The van der Waals surface area contributed by atoms with Gasteiger partial charge < -0.3 is 10.5 Å². The highest BCUT2D eigenvalue weighted by molar-refractivity contribution is 9.10. The molecule has 2 nitrogen and oxygen atoms in total. The molecular weight excluding hydrogens is 338 g/mol. The van der Waals surface area contributed by atoms with Crippen LogP contribution in [0.5, 0.6) is 5.75 Å². The Balaban J connectivity index is 2.33. The fraction of sp³-hybridized carbons (Fsp3) is 0.250. The van der Waals surface area contributed by atoms with Crippen molar-refractivity contribution in [1.82, 2.24) is 0 Å². The topological polar surface area (TPSA) is 35.2 Å².